The van der Waals surface area contributed by atoms with Crippen LogP contribution in [-0.2, 0) is 4.79 Å². The van der Waals surface area contributed by atoms with Crippen molar-refractivity contribution in [3.63, 3.8) is 0 Å². The van der Waals surface area contributed by atoms with Gasteiger partial charge in [-0.3, -0.25) is 9.69 Å². The van der Waals surface area contributed by atoms with Crippen molar-refractivity contribution in [3.05, 3.63) is 12.7 Å². The Morgan fingerprint density at radius 3 is 3.00 bits per heavy atom. The number of piperidine rings is 1. The molecule has 0 aromatic rings. The third-order valence-electron chi connectivity index (χ3n) is 3.80. The Morgan fingerprint density at radius 1 is 1.71 bits per heavy atom. The zero-order valence-corrected chi connectivity index (χ0v) is 11.0. The van der Waals surface area contributed by atoms with Crippen LogP contribution < -0.4 is 11.1 Å². The zero-order chi connectivity index (χ0) is 12.8. The smallest absolute Gasteiger partial charge is 0.237 e. The molecule has 1 saturated heterocycles. The van der Waals surface area contributed by atoms with Crippen molar-refractivity contribution in [2.45, 2.75) is 26.3 Å². The van der Waals surface area contributed by atoms with Gasteiger partial charge < -0.3 is 11.1 Å². The maximum absolute atomic E-state index is 11.8. The average Bonchev–Trinajstić information content (AvgIpc) is 2.35. The van der Waals surface area contributed by atoms with Gasteiger partial charge in [-0.2, -0.15) is 0 Å². The quantitative estimate of drug-likeness (QED) is 0.691. The van der Waals surface area contributed by atoms with Gasteiger partial charge in [0.15, 0.2) is 0 Å². The second-order valence-corrected chi connectivity index (χ2v) is 4.97. The lowest BCUT2D eigenvalue weighted by molar-refractivity contribution is -0.126. The van der Waals surface area contributed by atoms with E-state index in [1.54, 1.807) is 6.08 Å². The highest BCUT2D eigenvalue weighted by atomic mass is 16.2. The van der Waals surface area contributed by atoms with E-state index in [0.29, 0.717) is 24.9 Å². The summed E-state index contributed by atoms with van der Waals surface area (Å²) >= 11 is 0. The molecule has 1 heterocycles. The van der Waals surface area contributed by atoms with E-state index in [4.69, 9.17) is 5.73 Å². The fourth-order valence-corrected chi connectivity index (χ4v) is 2.32. The van der Waals surface area contributed by atoms with E-state index < -0.39 is 0 Å². The number of likely N-dealkylation sites (tertiary alicyclic amines) is 1. The van der Waals surface area contributed by atoms with Crippen molar-refractivity contribution in [2.75, 3.05) is 26.2 Å². The number of nitrogens with one attached hydrogen (secondary N) is 1. The molecule has 0 aromatic heterocycles. The summed E-state index contributed by atoms with van der Waals surface area (Å²) in [5, 5.41) is 2.84. The Kier molecular flexibility index (Phi) is 5.65. The molecule has 0 aliphatic carbocycles. The minimum absolute atomic E-state index is 0.0727. The lowest BCUT2D eigenvalue weighted by Crippen LogP contribution is -2.51. The summed E-state index contributed by atoms with van der Waals surface area (Å²) in [5.41, 5.74) is 5.77. The maximum atomic E-state index is 11.8. The molecule has 1 amide bonds. The van der Waals surface area contributed by atoms with Crippen molar-refractivity contribution >= 4 is 5.91 Å². The van der Waals surface area contributed by atoms with Crippen LogP contribution in [0.4, 0.5) is 0 Å². The first-order valence-corrected chi connectivity index (χ1v) is 6.42. The van der Waals surface area contributed by atoms with Gasteiger partial charge in [0.2, 0.25) is 5.91 Å². The van der Waals surface area contributed by atoms with Crippen LogP contribution in [0, 0.1) is 11.8 Å². The number of carbonyl (C=O) groups excluding carboxylic acids is 1. The van der Waals surface area contributed by atoms with Crippen molar-refractivity contribution in [3.8, 4) is 0 Å². The lowest BCUT2D eigenvalue weighted by atomic mass is 9.86. The Balaban J connectivity index is 2.49. The first-order valence-electron chi connectivity index (χ1n) is 6.42. The Bertz CT molecular complexity index is 267. The maximum Gasteiger partial charge on any atom is 0.237 e. The van der Waals surface area contributed by atoms with Crippen LogP contribution in [0.15, 0.2) is 12.7 Å². The van der Waals surface area contributed by atoms with Crippen LogP contribution in [0.3, 0.4) is 0 Å². The molecule has 3 N–H and O–H groups in total. The predicted molar refractivity (Wildman–Crippen MR) is 70.6 cm³/mol. The first-order chi connectivity index (χ1) is 8.10. The van der Waals surface area contributed by atoms with Crippen molar-refractivity contribution in [2.24, 2.45) is 17.6 Å². The summed E-state index contributed by atoms with van der Waals surface area (Å²) in [6.07, 6.45) is 2.83. The van der Waals surface area contributed by atoms with Gasteiger partial charge in [0.1, 0.15) is 0 Å². The molecular formula is C13H25N3O. The van der Waals surface area contributed by atoms with Crippen LogP contribution in [0.2, 0.25) is 0 Å². The van der Waals surface area contributed by atoms with Crippen LogP contribution in [0.25, 0.3) is 0 Å². The molecule has 1 fully saturated rings. The molecule has 4 heteroatoms. The topological polar surface area (TPSA) is 58.4 Å². The Hall–Kier alpha value is -0.870. The molecule has 98 valence electrons. The molecule has 1 aliphatic heterocycles. The minimum atomic E-state index is -0.0727. The van der Waals surface area contributed by atoms with Gasteiger partial charge in [-0.05, 0) is 38.3 Å². The van der Waals surface area contributed by atoms with E-state index in [1.165, 1.54) is 0 Å². The van der Waals surface area contributed by atoms with Gasteiger partial charge in [0.25, 0.3) is 0 Å². The highest BCUT2D eigenvalue weighted by molar-refractivity contribution is 5.81. The van der Waals surface area contributed by atoms with Crippen molar-refractivity contribution < 1.29 is 4.79 Å². The fourth-order valence-electron chi connectivity index (χ4n) is 2.32. The number of carbonyl (C=O) groups is 1. The number of nitrogens with two attached hydrogens (primary N) is 1. The summed E-state index contributed by atoms with van der Waals surface area (Å²) in [6, 6.07) is -0.0727. The first kappa shape index (κ1) is 14.2. The summed E-state index contributed by atoms with van der Waals surface area (Å²) in [6.45, 7) is 11.0. The van der Waals surface area contributed by atoms with Crippen molar-refractivity contribution in [1.29, 1.82) is 0 Å². The van der Waals surface area contributed by atoms with Crippen LogP contribution in [-0.4, -0.2) is 43.0 Å². The second kappa shape index (κ2) is 6.77. The Morgan fingerprint density at radius 2 is 2.41 bits per heavy atom. The van der Waals surface area contributed by atoms with E-state index in [-0.39, 0.29) is 11.9 Å². The van der Waals surface area contributed by atoms with Gasteiger partial charge in [0, 0.05) is 13.1 Å². The third-order valence-corrected chi connectivity index (χ3v) is 3.80. The van der Waals surface area contributed by atoms with E-state index in [9.17, 15) is 4.79 Å². The molecule has 0 radical (unpaired) electrons. The number of amides is 1. The largest absolute Gasteiger partial charge is 0.351 e. The fraction of sp³-hybridized carbons (Fsp3) is 0.769. The number of rotatable bonds is 5. The highest BCUT2D eigenvalue weighted by Gasteiger charge is 2.30. The van der Waals surface area contributed by atoms with Crippen LogP contribution in [0.5, 0.6) is 0 Å². The van der Waals surface area contributed by atoms with E-state index in [1.807, 2.05) is 6.92 Å². The minimum Gasteiger partial charge on any atom is -0.351 e. The molecule has 17 heavy (non-hydrogen) atoms. The van der Waals surface area contributed by atoms with E-state index in [2.05, 4.69) is 23.7 Å². The van der Waals surface area contributed by atoms with Gasteiger partial charge in [0.05, 0.1) is 6.04 Å². The van der Waals surface area contributed by atoms with Crippen molar-refractivity contribution in [1.82, 2.24) is 10.2 Å². The normalized spacial score (nSPS) is 27.5. The average molecular weight is 239 g/mol. The van der Waals surface area contributed by atoms with Gasteiger partial charge >= 0.3 is 0 Å². The molecular weight excluding hydrogens is 214 g/mol. The monoisotopic (exact) mass is 239 g/mol. The van der Waals surface area contributed by atoms with E-state index >= 15 is 0 Å². The molecule has 0 saturated carbocycles. The molecule has 0 aromatic carbocycles. The summed E-state index contributed by atoms with van der Waals surface area (Å²) in [4.78, 5) is 14.1. The molecule has 3 unspecified atom stereocenters. The van der Waals surface area contributed by atoms with Gasteiger partial charge in [-0.15, -0.1) is 6.58 Å². The molecule has 0 bridgehead atoms. The highest BCUT2D eigenvalue weighted by Crippen LogP contribution is 2.23. The number of hydrogen-bond acceptors (Lipinski definition) is 3. The molecule has 1 rings (SSSR count). The molecule has 4 nitrogen and oxygen atoms in total. The summed E-state index contributed by atoms with van der Waals surface area (Å²) in [5.74, 6) is 1.26. The zero-order valence-electron chi connectivity index (χ0n) is 11.0. The van der Waals surface area contributed by atoms with Crippen LogP contribution >= 0.6 is 0 Å². The number of nitrogens with zero attached hydrogens (tertiary/aromatic N) is 1. The predicted octanol–water partition coefficient (Wildman–Crippen LogP) is 0.594. The number of hydrogen-bond donors (Lipinski definition) is 2. The SMILES string of the molecule is C=CCNC(=O)C(C)N1CCC(C)C(CN)C1. The standard InChI is InChI=1S/C13H25N3O/c1-4-6-15-13(17)11(3)16-7-5-10(2)12(8-14)9-16/h4,10-12H,1,5-9,14H2,2-3H3,(H,15,17). The van der Waals surface area contributed by atoms with E-state index in [0.717, 1.165) is 19.5 Å². The summed E-state index contributed by atoms with van der Waals surface area (Å²) < 4.78 is 0. The second-order valence-electron chi connectivity index (χ2n) is 4.97. The lowest BCUT2D eigenvalue weighted by Gasteiger charge is -2.39. The Labute approximate surface area is 104 Å². The molecule has 0 spiro atoms. The molecule has 3 atom stereocenters. The third kappa shape index (κ3) is 3.82. The molecule has 1 aliphatic rings. The van der Waals surface area contributed by atoms with Gasteiger partial charge in [-0.25, -0.2) is 0 Å². The van der Waals surface area contributed by atoms with Crippen LogP contribution in [0.1, 0.15) is 20.3 Å². The van der Waals surface area contributed by atoms with Gasteiger partial charge in [-0.1, -0.05) is 13.0 Å². The summed E-state index contributed by atoms with van der Waals surface area (Å²) in [7, 11) is 0.